The first-order chi connectivity index (χ1) is 5.29. The summed E-state index contributed by atoms with van der Waals surface area (Å²) in [5.41, 5.74) is 0. The number of rotatable bonds is 1. The quantitative estimate of drug-likeness (QED) is 0.626. The maximum atomic E-state index is 10.6. The third-order valence-electron chi connectivity index (χ3n) is 3.36. The van der Waals surface area contributed by atoms with Gasteiger partial charge in [-0.2, -0.15) is 0 Å². The summed E-state index contributed by atoms with van der Waals surface area (Å²) in [6.07, 6.45) is 5.99. The average Bonchev–Trinajstić information content (AvgIpc) is 1.90. The molecule has 2 nitrogen and oxygen atoms in total. The molecule has 0 spiro atoms. The summed E-state index contributed by atoms with van der Waals surface area (Å²) in [6.45, 7) is 0. The van der Waals surface area contributed by atoms with Crippen LogP contribution in [0, 0.1) is 17.8 Å². The van der Waals surface area contributed by atoms with Gasteiger partial charge in [-0.25, -0.2) is 0 Å². The molecule has 0 bridgehead atoms. The SMILES string of the molecule is O=C(O)[C@@H]1C[C@@H]2CCCC[C@@H]21. The van der Waals surface area contributed by atoms with Gasteiger partial charge < -0.3 is 5.11 Å². The number of fused-ring (bicyclic) bond motifs is 1. The number of carboxylic acid groups (broad SMARTS) is 1. The molecule has 3 atom stereocenters. The fourth-order valence-electron chi connectivity index (χ4n) is 2.65. The molecule has 0 heterocycles. The van der Waals surface area contributed by atoms with Crippen LogP contribution in [0.5, 0.6) is 0 Å². The van der Waals surface area contributed by atoms with E-state index in [1.807, 2.05) is 0 Å². The summed E-state index contributed by atoms with van der Waals surface area (Å²) < 4.78 is 0. The van der Waals surface area contributed by atoms with Crippen LogP contribution in [0.4, 0.5) is 0 Å². The lowest BCUT2D eigenvalue weighted by Crippen LogP contribution is -2.43. The Bertz CT molecular complexity index is 176. The van der Waals surface area contributed by atoms with Gasteiger partial charge in [0.2, 0.25) is 0 Å². The molecule has 2 rings (SSSR count). The third-order valence-corrected chi connectivity index (χ3v) is 3.36. The summed E-state index contributed by atoms with van der Waals surface area (Å²) in [4.78, 5) is 10.6. The highest BCUT2D eigenvalue weighted by atomic mass is 16.4. The number of carboxylic acids is 1. The molecule has 2 heteroatoms. The fraction of sp³-hybridized carbons (Fsp3) is 0.889. The van der Waals surface area contributed by atoms with Gasteiger partial charge in [0.05, 0.1) is 5.92 Å². The Morgan fingerprint density at radius 3 is 2.64 bits per heavy atom. The van der Waals surface area contributed by atoms with E-state index in [0.717, 1.165) is 12.3 Å². The van der Waals surface area contributed by atoms with Crippen LogP contribution in [0.25, 0.3) is 0 Å². The van der Waals surface area contributed by atoms with Gasteiger partial charge in [-0.05, 0) is 24.7 Å². The van der Waals surface area contributed by atoms with Crippen molar-refractivity contribution in [2.45, 2.75) is 32.1 Å². The van der Waals surface area contributed by atoms with E-state index in [1.54, 1.807) is 0 Å². The smallest absolute Gasteiger partial charge is 0.306 e. The van der Waals surface area contributed by atoms with Crippen molar-refractivity contribution in [1.82, 2.24) is 0 Å². The van der Waals surface area contributed by atoms with Crippen molar-refractivity contribution in [2.24, 2.45) is 17.8 Å². The summed E-state index contributed by atoms with van der Waals surface area (Å²) in [5, 5.41) is 8.77. The van der Waals surface area contributed by atoms with Crippen molar-refractivity contribution in [3.05, 3.63) is 0 Å². The van der Waals surface area contributed by atoms with Gasteiger partial charge in [0.1, 0.15) is 0 Å². The second-order valence-electron chi connectivity index (χ2n) is 3.89. The summed E-state index contributed by atoms with van der Waals surface area (Å²) in [5.74, 6) is 0.763. The highest BCUT2D eigenvalue weighted by Crippen LogP contribution is 2.49. The Labute approximate surface area is 66.6 Å². The minimum absolute atomic E-state index is 0.0142. The van der Waals surface area contributed by atoms with Crippen LogP contribution in [0.3, 0.4) is 0 Å². The van der Waals surface area contributed by atoms with Gasteiger partial charge in [0.25, 0.3) is 0 Å². The number of hydrogen-bond donors (Lipinski definition) is 1. The second-order valence-corrected chi connectivity index (χ2v) is 3.89. The van der Waals surface area contributed by atoms with E-state index in [4.69, 9.17) is 5.11 Å². The zero-order valence-corrected chi connectivity index (χ0v) is 6.62. The summed E-state index contributed by atoms with van der Waals surface area (Å²) >= 11 is 0. The predicted molar refractivity (Wildman–Crippen MR) is 41.2 cm³/mol. The van der Waals surface area contributed by atoms with E-state index in [0.29, 0.717) is 5.92 Å². The molecule has 0 aromatic heterocycles. The van der Waals surface area contributed by atoms with Crippen molar-refractivity contribution in [3.8, 4) is 0 Å². The lowest BCUT2D eigenvalue weighted by Gasteiger charge is -2.45. The van der Waals surface area contributed by atoms with E-state index in [9.17, 15) is 4.79 Å². The van der Waals surface area contributed by atoms with Crippen LogP contribution in [0.1, 0.15) is 32.1 Å². The Hall–Kier alpha value is -0.530. The first-order valence-corrected chi connectivity index (χ1v) is 4.52. The van der Waals surface area contributed by atoms with E-state index in [1.165, 1.54) is 25.7 Å². The molecular formula is C9H14O2. The molecule has 0 radical (unpaired) electrons. The van der Waals surface area contributed by atoms with Crippen LogP contribution in [-0.2, 0) is 4.79 Å². The van der Waals surface area contributed by atoms with Gasteiger partial charge in [-0.1, -0.05) is 19.3 Å². The van der Waals surface area contributed by atoms with Gasteiger partial charge in [-0.3, -0.25) is 4.79 Å². The monoisotopic (exact) mass is 154 g/mol. The van der Waals surface area contributed by atoms with Gasteiger partial charge >= 0.3 is 5.97 Å². The average molecular weight is 154 g/mol. The first kappa shape index (κ1) is 7.14. The molecule has 0 saturated heterocycles. The molecule has 2 aliphatic carbocycles. The van der Waals surface area contributed by atoms with Crippen LogP contribution in [0.2, 0.25) is 0 Å². The molecule has 0 amide bonds. The molecule has 11 heavy (non-hydrogen) atoms. The fourth-order valence-corrected chi connectivity index (χ4v) is 2.65. The minimum Gasteiger partial charge on any atom is -0.481 e. The molecular weight excluding hydrogens is 140 g/mol. The first-order valence-electron chi connectivity index (χ1n) is 4.52. The Kier molecular flexibility index (Phi) is 1.63. The van der Waals surface area contributed by atoms with Crippen molar-refractivity contribution in [2.75, 3.05) is 0 Å². The largest absolute Gasteiger partial charge is 0.481 e. The van der Waals surface area contributed by atoms with Crippen LogP contribution < -0.4 is 0 Å². The number of aliphatic carboxylic acids is 1. The van der Waals surface area contributed by atoms with E-state index < -0.39 is 5.97 Å². The van der Waals surface area contributed by atoms with Crippen molar-refractivity contribution in [1.29, 1.82) is 0 Å². The maximum Gasteiger partial charge on any atom is 0.306 e. The van der Waals surface area contributed by atoms with E-state index in [2.05, 4.69) is 0 Å². The van der Waals surface area contributed by atoms with Crippen LogP contribution in [-0.4, -0.2) is 11.1 Å². The predicted octanol–water partition coefficient (Wildman–Crippen LogP) is 1.90. The van der Waals surface area contributed by atoms with Crippen molar-refractivity contribution >= 4 is 5.97 Å². The van der Waals surface area contributed by atoms with Crippen LogP contribution >= 0.6 is 0 Å². The molecule has 0 aromatic rings. The van der Waals surface area contributed by atoms with E-state index >= 15 is 0 Å². The van der Waals surface area contributed by atoms with Gasteiger partial charge in [0.15, 0.2) is 0 Å². The van der Waals surface area contributed by atoms with Crippen molar-refractivity contribution < 1.29 is 9.90 Å². The zero-order chi connectivity index (χ0) is 7.84. The highest BCUT2D eigenvalue weighted by Gasteiger charge is 2.45. The van der Waals surface area contributed by atoms with Crippen LogP contribution in [0.15, 0.2) is 0 Å². The summed E-state index contributed by atoms with van der Waals surface area (Å²) in [6, 6.07) is 0. The topological polar surface area (TPSA) is 37.3 Å². The molecule has 2 fully saturated rings. The Balaban J connectivity index is 1.96. The lowest BCUT2D eigenvalue weighted by molar-refractivity contribution is -0.152. The standard InChI is InChI=1S/C9H14O2/c10-9(11)8-5-6-3-1-2-4-7(6)8/h6-8H,1-5H2,(H,10,11)/t6-,7-,8+/m0/s1. The third kappa shape index (κ3) is 1.05. The second kappa shape index (κ2) is 2.50. The van der Waals surface area contributed by atoms with Gasteiger partial charge in [0, 0.05) is 0 Å². The van der Waals surface area contributed by atoms with Gasteiger partial charge in [-0.15, -0.1) is 0 Å². The number of hydrogen-bond acceptors (Lipinski definition) is 1. The lowest BCUT2D eigenvalue weighted by atomic mass is 9.59. The Morgan fingerprint density at radius 2 is 2.00 bits per heavy atom. The molecule has 62 valence electrons. The molecule has 0 aromatic carbocycles. The summed E-state index contributed by atoms with van der Waals surface area (Å²) in [7, 11) is 0. The highest BCUT2D eigenvalue weighted by molar-refractivity contribution is 5.71. The zero-order valence-electron chi connectivity index (χ0n) is 6.62. The number of carbonyl (C=O) groups is 1. The van der Waals surface area contributed by atoms with E-state index in [-0.39, 0.29) is 5.92 Å². The maximum absolute atomic E-state index is 10.6. The normalized spacial score (nSPS) is 42.4. The van der Waals surface area contributed by atoms with Crippen molar-refractivity contribution in [3.63, 3.8) is 0 Å². The molecule has 2 saturated carbocycles. The molecule has 0 unspecified atom stereocenters. The molecule has 0 aliphatic heterocycles. The molecule has 1 N–H and O–H groups in total. The minimum atomic E-state index is -0.562. The Morgan fingerprint density at radius 1 is 1.27 bits per heavy atom. The molecule has 2 aliphatic rings.